The molecule has 0 unspecified atom stereocenters. The van der Waals surface area contributed by atoms with Gasteiger partial charge in [-0.15, -0.1) is 0 Å². The molecule has 2 aromatic carbocycles. The van der Waals surface area contributed by atoms with Crippen molar-refractivity contribution in [3.8, 4) is 28.3 Å². The highest BCUT2D eigenvalue weighted by molar-refractivity contribution is 5.73. The Labute approximate surface area is 160 Å². The van der Waals surface area contributed by atoms with Gasteiger partial charge in [-0.05, 0) is 68.3 Å². The lowest BCUT2D eigenvalue weighted by atomic mass is 10.0. The van der Waals surface area contributed by atoms with E-state index in [0.29, 0.717) is 0 Å². The van der Waals surface area contributed by atoms with Crippen LogP contribution in [0.1, 0.15) is 18.1 Å². The van der Waals surface area contributed by atoms with Gasteiger partial charge in [-0.1, -0.05) is 5.16 Å². The Morgan fingerprint density at radius 1 is 1.11 bits per heavy atom. The van der Waals surface area contributed by atoms with E-state index in [-0.39, 0.29) is 0 Å². The van der Waals surface area contributed by atoms with Crippen LogP contribution in [0.2, 0.25) is 0 Å². The maximum absolute atomic E-state index is 5.63. The first-order valence-corrected chi connectivity index (χ1v) is 8.99. The normalized spacial score (nSPS) is 11.1. The van der Waals surface area contributed by atoms with E-state index in [1.54, 1.807) is 7.11 Å². The van der Waals surface area contributed by atoms with E-state index in [0.717, 1.165) is 51.7 Å². The lowest BCUT2D eigenvalue weighted by Crippen LogP contribution is -2.14. The van der Waals surface area contributed by atoms with Crippen molar-refractivity contribution in [3.63, 3.8) is 0 Å². The Kier molecular flexibility index (Phi) is 5.60. The molecular weight excluding hydrogens is 338 g/mol. The summed E-state index contributed by atoms with van der Waals surface area (Å²) in [6.45, 7) is 7.14. The summed E-state index contributed by atoms with van der Waals surface area (Å²) in [5.74, 6) is 1.57. The van der Waals surface area contributed by atoms with Crippen molar-refractivity contribution in [3.05, 3.63) is 53.6 Å². The number of methoxy groups -OCH3 is 1. The smallest absolute Gasteiger partial charge is 0.167 e. The molecule has 1 aromatic heterocycles. The second-order valence-electron chi connectivity index (χ2n) is 6.58. The van der Waals surface area contributed by atoms with E-state index in [2.05, 4.69) is 43.1 Å². The third kappa shape index (κ3) is 4.19. The van der Waals surface area contributed by atoms with Crippen LogP contribution in [0.3, 0.4) is 0 Å². The standard InChI is InChI=1S/C22H25N3O2/c1-6-25(4)14-23-20-12-15(2)19(11-16(20)3)22-13-21(24-27-22)17-7-9-18(26-5)10-8-17/h7-14H,6H2,1-5H3. The van der Waals surface area contributed by atoms with Crippen LogP contribution in [-0.4, -0.2) is 37.1 Å². The third-order valence-electron chi connectivity index (χ3n) is 4.60. The van der Waals surface area contributed by atoms with E-state index < -0.39 is 0 Å². The quantitative estimate of drug-likeness (QED) is 0.443. The van der Waals surface area contributed by atoms with Gasteiger partial charge in [0.1, 0.15) is 11.4 Å². The lowest BCUT2D eigenvalue weighted by molar-refractivity contribution is 0.415. The topological polar surface area (TPSA) is 50.9 Å². The fourth-order valence-corrected chi connectivity index (χ4v) is 2.75. The van der Waals surface area contributed by atoms with Crippen molar-refractivity contribution in [2.45, 2.75) is 20.8 Å². The molecule has 0 atom stereocenters. The van der Waals surface area contributed by atoms with Crippen molar-refractivity contribution in [2.75, 3.05) is 20.7 Å². The minimum absolute atomic E-state index is 0.752. The minimum Gasteiger partial charge on any atom is -0.497 e. The highest BCUT2D eigenvalue weighted by atomic mass is 16.5. The summed E-state index contributed by atoms with van der Waals surface area (Å²) in [7, 11) is 3.66. The van der Waals surface area contributed by atoms with Crippen LogP contribution in [0.5, 0.6) is 5.75 Å². The molecule has 0 spiro atoms. The zero-order chi connectivity index (χ0) is 19.4. The summed E-state index contributed by atoms with van der Waals surface area (Å²) in [6, 6.07) is 13.9. The Balaban J connectivity index is 1.89. The number of hydrogen-bond donors (Lipinski definition) is 0. The molecule has 0 aliphatic rings. The van der Waals surface area contributed by atoms with Gasteiger partial charge in [-0.2, -0.15) is 0 Å². The summed E-state index contributed by atoms with van der Waals surface area (Å²) in [5.41, 5.74) is 5.98. The van der Waals surface area contributed by atoms with Gasteiger partial charge in [0.05, 0.1) is 19.1 Å². The van der Waals surface area contributed by atoms with Crippen LogP contribution >= 0.6 is 0 Å². The Morgan fingerprint density at radius 2 is 1.85 bits per heavy atom. The zero-order valence-electron chi connectivity index (χ0n) is 16.5. The van der Waals surface area contributed by atoms with Crippen LogP contribution in [0.15, 0.2) is 52.0 Å². The van der Waals surface area contributed by atoms with Crippen molar-refractivity contribution < 1.29 is 9.26 Å². The Morgan fingerprint density at radius 3 is 2.52 bits per heavy atom. The minimum atomic E-state index is 0.752. The van der Waals surface area contributed by atoms with Gasteiger partial charge < -0.3 is 14.2 Å². The third-order valence-corrected chi connectivity index (χ3v) is 4.60. The molecule has 0 N–H and O–H groups in total. The van der Waals surface area contributed by atoms with Gasteiger partial charge in [-0.25, -0.2) is 4.99 Å². The number of aryl methyl sites for hydroxylation is 2. The first-order valence-electron chi connectivity index (χ1n) is 8.99. The summed E-state index contributed by atoms with van der Waals surface area (Å²) in [5, 5.41) is 4.23. The molecule has 0 aliphatic heterocycles. The van der Waals surface area contributed by atoms with E-state index >= 15 is 0 Å². The van der Waals surface area contributed by atoms with Crippen LogP contribution < -0.4 is 4.74 Å². The summed E-state index contributed by atoms with van der Waals surface area (Å²) in [6.07, 6.45) is 1.86. The van der Waals surface area contributed by atoms with Crippen LogP contribution in [0.25, 0.3) is 22.6 Å². The summed E-state index contributed by atoms with van der Waals surface area (Å²) >= 11 is 0. The summed E-state index contributed by atoms with van der Waals surface area (Å²) < 4.78 is 10.8. The monoisotopic (exact) mass is 363 g/mol. The predicted octanol–water partition coefficient (Wildman–Crippen LogP) is 5.25. The van der Waals surface area contributed by atoms with E-state index in [9.17, 15) is 0 Å². The lowest BCUT2D eigenvalue weighted by Gasteiger charge is -2.10. The van der Waals surface area contributed by atoms with Crippen molar-refractivity contribution in [1.82, 2.24) is 10.1 Å². The molecule has 0 saturated heterocycles. The van der Waals surface area contributed by atoms with Crippen molar-refractivity contribution >= 4 is 12.0 Å². The maximum Gasteiger partial charge on any atom is 0.167 e. The van der Waals surface area contributed by atoms with Gasteiger partial charge >= 0.3 is 0 Å². The second kappa shape index (κ2) is 8.08. The highest BCUT2D eigenvalue weighted by Gasteiger charge is 2.13. The number of aromatic nitrogens is 1. The molecule has 0 fully saturated rings. The van der Waals surface area contributed by atoms with Gasteiger partial charge in [0.15, 0.2) is 5.76 Å². The molecule has 0 radical (unpaired) electrons. The Hall–Kier alpha value is -3.08. The fraction of sp³-hybridized carbons (Fsp3) is 0.273. The maximum atomic E-state index is 5.63. The summed E-state index contributed by atoms with van der Waals surface area (Å²) in [4.78, 5) is 6.63. The van der Waals surface area contributed by atoms with E-state index in [4.69, 9.17) is 9.26 Å². The molecule has 27 heavy (non-hydrogen) atoms. The van der Waals surface area contributed by atoms with E-state index in [1.165, 1.54) is 0 Å². The molecular formula is C22H25N3O2. The largest absolute Gasteiger partial charge is 0.497 e. The second-order valence-corrected chi connectivity index (χ2v) is 6.58. The number of nitrogens with zero attached hydrogens (tertiary/aromatic N) is 3. The van der Waals surface area contributed by atoms with Gasteiger partial charge in [0.2, 0.25) is 0 Å². The highest BCUT2D eigenvalue weighted by Crippen LogP contribution is 2.33. The van der Waals surface area contributed by atoms with Gasteiger partial charge in [0, 0.05) is 30.8 Å². The number of benzene rings is 2. The van der Waals surface area contributed by atoms with E-state index in [1.807, 2.05) is 48.6 Å². The Bertz CT molecular complexity index is 943. The zero-order valence-corrected chi connectivity index (χ0v) is 16.5. The SMILES string of the molecule is CCN(C)C=Nc1cc(C)c(-c2cc(-c3ccc(OC)cc3)no2)cc1C. The molecule has 0 saturated carbocycles. The molecule has 140 valence electrons. The molecule has 3 aromatic rings. The average molecular weight is 363 g/mol. The molecule has 5 heteroatoms. The molecule has 0 aliphatic carbocycles. The van der Waals surface area contributed by atoms with Gasteiger partial charge in [-0.3, -0.25) is 0 Å². The van der Waals surface area contributed by atoms with Crippen LogP contribution in [0, 0.1) is 13.8 Å². The molecule has 3 rings (SSSR count). The first kappa shape index (κ1) is 18.7. The molecule has 5 nitrogen and oxygen atoms in total. The van der Waals surface area contributed by atoms with Crippen LogP contribution in [-0.2, 0) is 0 Å². The molecule has 0 bridgehead atoms. The number of rotatable bonds is 6. The van der Waals surface area contributed by atoms with Gasteiger partial charge in [0.25, 0.3) is 0 Å². The fourth-order valence-electron chi connectivity index (χ4n) is 2.75. The van der Waals surface area contributed by atoms with Crippen LogP contribution in [0.4, 0.5) is 5.69 Å². The number of hydrogen-bond acceptors (Lipinski definition) is 4. The number of ether oxygens (including phenoxy) is 1. The predicted molar refractivity (Wildman–Crippen MR) is 110 cm³/mol. The van der Waals surface area contributed by atoms with Crippen molar-refractivity contribution in [2.24, 2.45) is 4.99 Å². The average Bonchev–Trinajstić information content (AvgIpc) is 3.18. The molecule has 0 amide bonds. The molecule has 1 heterocycles. The van der Waals surface area contributed by atoms with Crippen molar-refractivity contribution in [1.29, 1.82) is 0 Å². The number of aliphatic imine (C=N–C) groups is 1. The first-order chi connectivity index (χ1) is 13.0.